The topological polar surface area (TPSA) is 81.2 Å². The third-order valence-electron chi connectivity index (χ3n) is 3.13. The molecule has 0 spiro atoms. The maximum Gasteiger partial charge on any atom is 0.422 e. The van der Waals surface area contributed by atoms with Crippen molar-refractivity contribution in [3.8, 4) is 5.75 Å². The minimum Gasteiger partial charge on any atom is -0.484 e. The molecule has 26 heavy (non-hydrogen) atoms. The van der Waals surface area contributed by atoms with Crippen molar-refractivity contribution in [2.75, 3.05) is 6.61 Å². The lowest BCUT2D eigenvalue weighted by atomic mass is 10.1. The van der Waals surface area contributed by atoms with E-state index in [1.165, 1.54) is 43.6 Å². The van der Waals surface area contributed by atoms with Gasteiger partial charge in [0, 0.05) is 36.1 Å². The summed E-state index contributed by atoms with van der Waals surface area (Å²) in [4.78, 5) is 31.3. The molecule has 2 aromatic heterocycles. The minimum absolute atomic E-state index is 0.00636. The molecule has 138 valence electrons. The van der Waals surface area contributed by atoms with E-state index in [9.17, 15) is 22.8 Å². The molecule has 9 heteroatoms. The van der Waals surface area contributed by atoms with Crippen LogP contribution in [0.1, 0.15) is 28.7 Å². The third-order valence-corrected chi connectivity index (χ3v) is 3.13. The van der Waals surface area contributed by atoms with Gasteiger partial charge < -0.3 is 10.1 Å². The molecule has 0 saturated heterocycles. The number of carbonyl (C=O) groups is 2. The van der Waals surface area contributed by atoms with Crippen molar-refractivity contribution in [2.45, 2.75) is 26.1 Å². The lowest BCUT2D eigenvalue weighted by Gasteiger charge is -2.10. The number of Topliss-reactive ketones (excluding diaryl/α,β-unsaturated/α-hetero) is 1. The number of nitrogens with zero attached hydrogens (tertiary/aromatic N) is 2. The molecule has 0 aromatic carbocycles. The summed E-state index contributed by atoms with van der Waals surface area (Å²) in [6.45, 7) is 0.0269. The number of ether oxygens (including phenoxy) is 1. The monoisotopic (exact) mass is 367 g/mol. The fraction of sp³-hybridized carbons (Fsp3) is 0.294. The molecule has 1 N–H and O–H groups in total. The molecule has 0 aliphatic rings. The summed E-state index contributed by atoms with van der Waals surface area (Å²) in [6.07, 6.45) is -1.58. The van der Waals surface area contributed by atoms with Crippen LogP contribution < -0.4 is 10.1 Å². The Morgan fingerprint density at radius 1 is 1.12 bits per heavy atom. The van der Waals surface area contributed by atoms with Crippen molar-refractivity contribution in [3.63, 3.8) is 0 Å². The van der Waals surface area contributed by atoms with Crippen LogP contribution in [0.15, 0.2) is 36.7 Å². The smallest absolute Gasteiger partial charge is 0.422 e. The van der Waals surface area contributed by atoms with Gasteiger partial charge in [0.15, 0.2) is 6.61 Å². The highest BCUT2D eigenvalue weighted by molar-refractivity contribution is 5.94. The zero-order valence-electron chi connectivity index (χ0n) is 13.8. The van der Waals surface area contributed by atoms with Crippen LogP contribution in [0, 0.1) is 0 Å². The van der Waals surface area contributed by atoms with Gasteiger partial charge >= 0.3 is 6.18 Å². The van der Waals surface area contributed by atoms with Crippen LogP contribution in [0.2, 0.25) is 0 Å². The van der Waals surface area contributed by atoms with Crippen molar-refractivity contribution >= 4 is 11.7 Å². The fourth-order valence-corrected chi connectivity index (χ4v) is 2.05. The number of hydrogen-bond donors (Lipinski definition) is 1. The molecular weight excluding hydrogens is 351 g/mol. The molecule has 0 saturated carbocycles. The number of nitrogens with one attached hydrogen (secondary N) is 1. The van der Waals surface area contributed by atoms with E-state index in [0.717, 1.165) is 0 Å². The number of amides is 1. The van der Waals surface area contributed by atoms with E-state index in [2.05, 4.69) is 20.0 Å². The van der Waals surface area contributed by atoms with E-state index in [1.807, 2.05) is 0 Å². The summed E-state index contributed by atoms with van der Waals surface area (Å²) in [6, 6.07) is 5.62. The number of ketones is 1. The van der Waals surface area contributed by atoms with Gasteiger partial charge in [-0.2, -0.15) is 13.2 Å². The van der Waals surface area contributed by atoms with Gasteiger partial charge in [0.05, 0.1) is 12.2 Å². The lowest BCUT2D eigenvalue weighted by molar-refractivity contribution is -0.153. The highest BCUT2D eigenvalue weighted by atomic mass is 19.4. The number of halogens is 3. The molecule has 0 atom stereocenters. The summed E-state index contributed by atoms with van der Waals surface area (Å²) in [5, 5.41) is 2.60. The molecular formula is C17H16F3N3O3. The molecule has 2 heterocycles. The molecule has 1 amide bonds. The van der Waals surface area contributed by atoms with Crippen LogP contribution in [0.4, 0.5) is 13.2 Å². The van der Waals surface area contributed by atoms with Crippen molar-refractivity contribution in [3.05, 3.63) is 53.6 Å². The van der Waals surface area contributed by atoms with Gasteiger partial charge in [0.25, 0.3) is 5.91 Å². The number of pyridine rings is 2. The fourth-order valence-electron chi connectivity index (χ4n) is 2.05. The SMILES string of the molecule is CC(=O)Cc1cc(C(=O)NCc2cc(OCC(F)(F)F)ccn2)ccn1. The Labute approximate surface area is 147 Å². The second-order valence-corrected chi connectivity index (χ2v) is 5.48. The molecule has 0 bridgehead atoms. The summed E-state index contributed by atoms with van der Waals surface area (Å²) in [7, 11) is 0. The molecule has 0 unspecified atom stereocenters. The predicted octanol–water partition coefficient (Wildman–Crippen LogP) is 2.48. The molecule has 0 fully saturated rings. The molecule has 0 aliphatic heterocycles. The van der Waals surface area contributed by atoms with E-state index < -0.39 is 18.7 Å². The summed E-state index contributed by atoms with van der Waals surface area (Å²) < 4.78 is 41.2. The predicted molar refractivity (Wildman–Crippen MR) is 85.6 cm³/mol. The zero-order valence-corrected chi connectivity index (χ0v) is 13.8. The van der Waals surface area contributed by atoms with Gasteiger partial charge in [-0.3, -0.25) is 19.6 Å². The highest BCUT2D eigenvalue weighted by Crippen LogP contribution is 2.18. The maximum atomic E-state index is 12.2. The summed E-state index contributed by atoms with van der Waals surface area (Å²) >= 11 is 0. The van der Waals surface area contributed by atoms with Crippen molar-refractivity contribution in [1.82, 2.24) is 15.3 Å². The Bertz CT molecular complexity index is 794. The molecule has 0 radical (unpaired) electrons. The Balaban J connectivity index is 1.96. The summed E-state index contributed by atoms with van der Waals surface area (Å²) in [5.41, 5.74) is 1.14. The second-order valence-electron chi connectivity index (χ2n) is 5.48. The average molecular weight is 367 g/mol. The van der Waals surface area contributed by atoms with Gasteiger partial charge in [0.1, 0.15) is 11.5 Å². The van der Waals surface area contributed by atoms with Gasteiger partial charge in [-0.05, 0) is 25.1 Å². The first-order chi connectivity index (χ1) is 12.2. The first-order valence-corrected chi connectivity index (χ1v) is 7.60. The van der Waals surface area contributed by atoms with Gasteiger partial charge in [-0.1, -0.05) is 0 Å². The van der Waals surface area contributed by atoms with E-state index >= 15 is 0 Å². The van der Waals surface area contributed by atoms with E-state index in [0.29, 0.717) is 17.0 Å². The minimum atomic E-state index is -4.43. The van der Waals surface area contributed by atoms with Crippen molar-refractivity contribution in [1.29, 1.82) is 0 Å². The quantitative estimate of drug-likeness (QED) is 0.813. The number of alkyl halides is 3. The number of rotatable bonds is 7. The maximum absolute atomic E-state index is 12.2. The number of hydrogen-bond acceptors (Lipinski definition) is 5. The largest absolute Gasteiger partial charge is 0.484 e. The van der Waals surface area contributed by atoms with Gasteiger partial charge in [-0.15, -0.1) is 0 Å². The Hall–Kier alpha value is -2.97. The molecule has 2 rings (SSSR count). The van der Waals surface area contributed by atoms with Gasteiger partial charge in [-0.25, -0.2) is 0 Å². The summed E-state index contributed by atoms with van der Waals surface area (Å²) in [5.74, 6) is -0.482. The van der Waals surface area contributed by atoms with Crippen molar-refractivity contribution in [2.24, 2.45) is 0 Å². The Kier molecular flexibility index (Phi) is 6.26. The number of aromatic nitrogens is 2. The van der Waals surface area contributed by atoms with E-state index in [4.69, 9.17) is 0 Å². The highest BCUT2D eigenvalue weighted by Gasteiger charge is 2.28. The Morgan fingerprint density at radius 2 is 1.81 bits per heavy atom. The van der Waals surface area contributed by atoms with Crippen LogP contribution >= 0.6 is 0 Å². The molecule has 0 aliphatic carbocycles. The Morgan fingerprint density at radius 3 is 2.50 bits per heavy atom. The van der Waals surface area contributed by atoms with Crippen LogP contribution in [-0.4, -0.2) is 34.4 Å². The second kappa shape index (κ2) is 8.41. The lowest BCUT2D eigenvalue weighted by Crippen LogP contribution is -2.24. The third kappa shape index (κ3) is 6.50. The standard InChI is InChI=1S/C17H16F3N3O3/c1-11(24)6-13-7-12(2-4-21-13)16(25)23-9-14-8-15(3-5-22-14)26-10-17(18,19)20/h2-5,7-8H,6,9-10H2,1H3,(H,23,25). The zero-order chi connectivity index (χ0) is 19.2. The van der Waals surface area contributed by atoms with Crippen LogP contribution in [0.5, 0.6) is 5.75 Å². The van der Waals surface area contributed by atoms with E-state index in [1.54, 1.807) is 0 Å². The molecule has 6 nitrogen and oxygen atoms in total. The van der Waals surface area contributed by atoms with Crippen LogP contribution in [0.3, 0.4) is 0 Å². The van der Waals surface area contributed by atoms with Crippen molar-refractivity contribution < 1.29 is 27.5 Å². The first kappa shape index (κ1) is 19.4. The van der Waals surface area contributed by atoms with Crippen LogP contribution in [0.25, 0.3) is 0 Å². The molecule has 2 aromatic rings. The average Bonchev–Trinajstić information content (AvgIpc) is 2.57. The first-order valence-electron chi connectivity index (χ1n) is 7.60. The van der Waals surface area contributed by atoms with Crippen LogP contribution in [-0.2, 0) is 17.8 Å². The van der Waals surface area contributed by atoms with Gasteiger partial charge in [0.2, 0.25) is 0 Å². The normalized spacial score (nSPS) is 11.1. The van der Waals surface area contributed by atoms with E-state index in [-0.39, 0.29) is 24.5 Å². The number of carbonyl (C=O) groups excluding carboxylic acids is 2.